The molecule has 0 N–H and O–H groups in total. The molecule has 182 valence electrons. The number of fused-ring (bicyclic) bond motifs is 1. The summed E-state index contributed by atoms with van der Waals surface area (Å²) in [6.45, 7) is 11.9. The molecule has 3 atom stereocenters. The molecule has 0 aromatic heterocycles. The summed E-state index contributed by atoms with van der Waals surface area (Å²) in [4.78, 5) is 29.8. The van der Waals surface area contributed by atoms with Crippen molar-refractivity contribution < 1.29 is 18.4 Å². The third-order valence-electron chi connectivity index (χ3n) is 7.60. The number of halogens is 2. The van der Waals surface area contributed by atoms with Gasteiger partial charge in [0.05, 0.1) is 18.7 Å². The number of benzene rings is 2. The summed E-state index contributed by atoms with van der Waals surface area (Å²) in [5, 5.41) is 0.0728. The Morgan fingerprint density at radius 3 is 2.47 bits per heavy atom. The predicted molar refractivity (Wildman–Crippen MR) is 137 cm³/mol. The summed E-state index contributed by atoms with van der Waals surface area (Å²) >= 11 is 3.50. The highest BCUT2D eigenvalue weighted by atomic mass is 79.9. The number of hydrogen-bond acceptors (Lipinski definition) is 3. The van der Waals surface area contributed by atoms with Crippen LogP contribution in [-0.2, 0) is 9.22 Å². The van der Waals surface area contributed by atoms with Crippen LogP contribution in [0.1, 0.15) is 42.6 Å². The molecule has 2 aromatic rings. The number of amides is 2. The van der Waals surface area contributed by atoms with Gasteiger partial charge in [0, 0.05) is 22.5 Å². The second kappa shape index (κ2) is 9.20. The van der Waals surface area contributed by atoms with E-state index in [1.807, 2.05) is 17.0 Å². The highest BCUT2D eigenvalue weighted by Gasteiger charge is 2.55. The van der Waals surface area contributed by atoms with E-state index in [-0.39, 0.29) is 47.0 Å². The van der Waals surface area contributed by atoms with E-state index in [9.17, 15) is 14.0 Å². The van der Waals surface area contributed by atoms with Gasteiger partial charge in [-0.05, 0) is 54.0 Å². The van der Waals surface area contributed by atoms with E-state index in [0.717, 1.165) is 10.0 Å². The summed E-state index contributed by atoms with van der Waals surface area (Å²) in [5.41, 5.74) is 1.39. The summed E-state index contributed by atoms with van der Waals surface area (Å²) in [6, 6.07) is 13.6. The highest BCUT2D eigenvalue weighted by Crippen LogP contribution is 2.45. The van der Waals surface area contributed by atoms with Crippen LogP contribution in [0.25, 0.3) is 0 Å². The lowest BCUT2D eigenvalue weighted by atomic mass is 9.73. The van der Waals surface area contributed by atoms with Gasteiger partial charge in [0.15, 0.2) is 8.32 Å². The van der Waals surface area contributed by atoms with Gasteiger partial charge in [-0.25, -0.2) is 4.39 Å². The third kappa shape index (κ3) is 4.72. The minimum atomic E-state index is -1.99. The molecule has 2 fully saturated rings. The van der Waals surface area contributed by atoms with E-state index in [0.29, 0.717) is 13.2 Å². The van der Waals surface area contributed by atoms with Crippen LogP contribution in [0, 0.1) is 5.82 Å². The van der Waals surface area contributed by atoms with Gasteiger partial charge in [-0.3, -0.25) is 9.59 Å². The first kappa shape index (κ1) is 25.1. The van der Waals surface area contributed by atoms with Crippen molar-refractivity contribution in [2.24, 2.45) is 0 Å². The first-order chi connectivity index (χ1) is 15.9. The van der Waals surface area contributed by atoms with E-state index < -0.39 is 14.1 Å². The molecule has 0 bridgehead atoms. The summed E-state index contributed by atoms with van der Waals surface area (Å²) in [6.07, 6.45) is 0. The summed E-state index contributed by atoms with van der Waals surface area (Å²) in [5.74, 6) is -0.804. The molecular formula is C26H32BrFN2O3Si. The van der Waals surface area contributed by atoms with Gasteiger partial charge < -0.3 is 14.2 Å². The Morgan fingerprint density at radius 2 is 1.85 bits per heavy atom. The van der Waals surface area contributed by atoms with Gasteiger partial charge >= 0.3 is 0 Å². The van der Waals surface area contributed by atoms with Crippen molar-refractivity contribution in [2.45, 2.75) is 56.9 Å². The van der Waals surface area contributed by atoms with Gasteiger partial charge in [-0.15, -0.1) is 0 Å². The van der Waals surface area contributed by atoms with Gasteiger partial charge in [0.25, 0.3) is 5.91 Å². The second-order valence-corrected chi connectivity index (χ2v) is 16.5. The van der Waals surface area contributed by atoms with Crippen LogP contribution in [0.15, 0.2) is 53.0 Å². The van der Waals surface area contributed by atoms with Crippen LogP contribution in [0.2, 0.25) is 18.1 Å². The average molecular weight is 548 g/mol. The normalized spacial score (nSPS) is 22.9. The molecule has 0 aliphatic carbocycles. The fourth-order valence-electron chi connectivity index (χ4n) is 4.64. The van der Waals surface area contributed by atoms with Crippen molar-refractivity contribution in [1.82, 2.24) is 9.80 Å². The molecule has 0 unspecified atom stereocenters. The Bertz CT molecular complexity index is 1090. The van der Waals surface area contributed by atoms with Crippen LogP contribution in [0.4, 0.5) is 4.39 Å². The highest BCUT2D eigenvalue weighted by molar-refractivity contribution is 9.10. The monoisotopic (exact) mass is 546 g/mol. The molecule has 8 heteroatoms. The number of nitrogens with zero attached hydrogens (tertiary/aromatic N) is 2. The summed E-state index contributed by atoms with van der Waals surface area (Å²) < 4.78 is 21.2. The van der Waals surface area contributed by atoms with Crippen LogP contribution in [0.5, 0.6) is 0 Å². The molecule has 34 heavy (non-hydrogen) atoms. The third-order valence-corrected chi connectivity index (χ3v) is 12.6. The van der Waals surface area contributed by atoms with Crippen molar-refractivity contribution in [2.75, 3.05) is 19.7 Å². The standard InChI is InChI=1S/C26H32BrFN2O3Si/c1-26(2,3)34(4,5)33-16-22-24(17-9-11-19(27)12-10-17)21-14-29(15-23(31)30(21)22)25(32)18-7-6-8-20(28)13-18/h6-13,21-22,24H,14-16H2,1-5H3/t21-,22+,24+/m0/s1. The fraction of sp³-hybridized carbons (Fsp3) is 0.462. The number of hydrogen-bond donors (Lipinski definition) is 0. The van der Waals surface area contributed by atoms with Gasteiger partial charge in [0.2, 0.25) is 5.91 Å². The molecular weight excluding hydrogens is 515 g/mol. The Kier molecular flexibility index (Phi) is 6.79. The van der Waals surface area contributed by atoms with E-state index >= 15 is 0 Å². The number of piperazine rings is 1. The molecule has 2 aliphatic heterocycles. The number of carbonyl (C=O) groups excluding carboxylic acids is 2. The largest absolute Gasteiger partial charge is 0.415 e. The Hall–Kier alpha value is -2.03. The van der Waals surface area contributed by atoms with E-state index in [4.69, 9.17) is 4.43 Å². The topological polar surface area (TPSA) is 49.9 Å². The van der Waals surface area contributed by atoms with Crippen molar-refractivity contribution in [3.05, 3.63) is 69.9 Å². The molecule has 2 aliphatic rings. The smallest absolute Gasteiger partial charge is 0.254 e. The van der Waals surface area contributed by atoms with Gasteiger partial charge in [-0.2, -0.15) is 0 Å². The van der Waals surface area contributed by atoms with Crippen LogP contribution < -0.4 is 0 Å². The second-order valence-electron chi connectivity index (χ2n) is 10.8. The first-order valence-electron chi connectivity index (χ1n) is 11.6. The number of rotatable bonds is 5. The zero-order valence-electron chi connectivity index (χ0n) is 20.3. The van der Waals surface area contributed by atoms with Crippen LogP contribution in [-0.4, -0.2) is 61.7 Å². The quantitative estimate of drug-likeness (QED) is 0.470. The first-order valence-corrected chi connectivity index (χ1v) is 15.3. The van der Waals surface area contributed by atoms with Crippen LogP contribution in [0.3, 0.4) is 0 Å². The van der Waals surface area contributed by atoms with Crippen LogP contribution >= 0.6 is 15.9 Å². The maximum Gasteiger partial charge on any atom is 0.254 e. The zero-order valence-corrected chi connectivity index (χ0v) is 22.9. The lowest BCUT2D eigenvalue weighted by molar-refractivity contribution is -0.159. The Labute approximate surface area is 210 Å². The summed E-state index contributed by atoms with van der Waals surface area (Å²) in [7, 11) is -1.99. The van der Waals surface area contributed by atoms with Crippen molar-refractivity contribution in [3.63, 3.8) is 0 Å². The van der Waals surface area contributed by atoms with E-state index in [2.05, 4.69) is 61.9 Å². The molecule has 2 amide bonds. The Balaban J connectivity index is 1.59. The minimum absolute atomic E-state index is 0.00447. The molecule has 0 spiro atoms. The Morgan fingerprint density at radius 1 is 1.18 bits per heavy atom. The average Bonchev–Trinajstić information content (AvgIpc) is 2.74. The fourth-order valence-corrected chi connectivity index (χ4v) is 5.92. The van der Waals surface area contributed by atoms with E-state index in [1.165, 1.54) is 18.2 Å². The molecule has 0 radical (unpaired) electrons. The molecule has 2 aromatic carbocycles. The lowest BCUT2D eigenvalue weighted by Gasteiger charge is -2.59. The van der Waals surface area contributed by atoms with E-state index in [1.54, 1.807) is 11.0 Å². The lowest BCUT2D eigenvalue weighted by Crippen LogP contribution is -2.74. The molecule has 4 rings (SSSR count). The SMILES string of the molecule is CC(C)(C)[Si](C)(C)OC[C@@H]1[C@H](c2ccc(Br)cc2)[C@@H]2CN(C(=O)c3cccc(F)c3)CC(=O)N12. The molecule has 2 heterocycles. The number of carbonyl (C=O) groups is 2. The van der Waals surface area contributed by atoms with Crippen molar-refractivity contribution in [3.8, 4) is 0 Å². The minimum Gasteiger partial charge on any atom is -0.415 e. The molecule has 5 nitrogen and oxygen atoms in total. The zero-order chi connectivity index (χ0) is 24.8. The predicted octanol–water partition coefficient (Wildman–Crippen LogP) is 5.43. The van der Waals surface area contributed by atoms with Gasteiger partial charge in [0.1, 0.15) is 12.4 Å². The maximum absolute atomic E-state index is 13.7. The van der Waals surface area contributed by atoms with Crippen molar-refractivity contribution >= 4 is 36.1 Å². The maximum atomic E-state index is 13.7. The van der Waals surface area contributed by atoms with Gasteiger partial charge in [-0.1, -0.05) is 54.9 Å². The van der Waals surface area contributed by atoms with Crippen molar-refractivity contribution in [1.29, 1.82) is 0 Å². The molecule has 0 saturated carbocycles. The molecule has 2 saturated heterocycles.